The molecule has 23 heavy (non-hydrogen) atoms. The third-order valence-electron chi connectivity index (χ3n) is 3.28. The number of benzene rings is 2. The molecule has 0 aliphatic carbocycles. The molecule has 0 aromatic heterocycles. The molecule has 3 rings (SSSR count). The monoisotopic (exact) mass is 328 g/mol. The van der Waals surface area contributed by atoms with Gasteiger partial charge in [0.25, 0.3) is 0 Å². The molecule has 1 unspecified atom stereocenters. The minimum absolute atomic E-state index is 0.201. The fraction of sp³-hybridized carbons (Fsp3) is 0.111. The summed E-state index contributed by atoms with van der Waals surface area (Å²) >= 11 is 5.66. The van der Waals surface area contributed by atoms with Crippen molar-refractivity contribution < 1.29 is 19.1 Å². The van der Waals surface area contributed by atoms with E-state index in [0.29, 0.717) is 11.3 Å². The first-order valence-electron chi connectivity index (χ1n) is 7.04. The minimum atomic E-state index is -0.751. The second-order valence-electron chi connectivity index (χ2n) is 5.05. The Morgan fingerprint density at radius 1 is 1.22 bits per heavy atom. The number of allylic oxidation sites excluding steroid dienone is 1. The number of fused-ring (bicyclic) bond motifs is 1. The summed E-state index contributed by atoms with van der Waals surface area (Å²) in [4.78, 5) is 23.8. The predicted molar refractivity (Wildman–Crippen MR) is 86.8 cm³/mol. The van der Waals surface area contributed by atoms with E-state index in [2.05, 4.69) is 0 Å². The van der Waals surface area contributed by atoms with Crippen molar-refractivity contribution >= 4 is 29.4 Å². The molecule has 0 radical (unpaired) electrons. The maximum Gasteiger partial charge on any atom is 0.329 e. The minimum Gasteiger partial charge on any atom is -0.452 e. The van der Waals surface area contributed by atoms with Crippen molar-refractivity contribution in [3.63, 3.8) is 0 Å². The van der Waals surface area contributed by atoms with Crippen LogP contribution in [0.4, 0.5) is 0 Å². The van der Waals surface area contributed by atoms with Crippen molar-refractivity contribution in [1.29, 1.82) is 0 Å². The molecule has 2 aromatic carbocycles. The third-order valence-corrected chi connectivity index (χ3v) is 3.46. The Labute approximate surface area is 138 Å². The van der Waals surface area contributed by atoms with Gasteiger partial charge in [0.05, 0.1) is 5.56 Å². The summed E-state index contributed by atoms with van der Waals surface area (Å²) < 4.78 is 10.7. The molecule has 1 atom stereocenters. The molecule has 0 bridgehead atoms. The van der Waals surface area contributed by atoms with Gasteiger partial charge >= 0.3 is 5.97 Å². The summed E-state index contributed by atoms with van der Waals surface area (Å²) in [6.07, 6.45) is 1.68. The largest absolute Gasteiger partial charge is 0.452 e. The summed E-state index contributed by atoms with van der Waals surface area (Å²) in [5.41, 5.74) is 1.30. The Hall–Kier alpha value is -2.59. The van der Waals surface area contributed by atoms with Crippen LogP contribution in [0.25, 0.3) is 6.08 Å². The zero-order chi connectivity index (χ0) is 16.4. The molecule has 1 aliphatic heterocycles. The molecule has 5 heteroatoms. The quantitative estimate of drug-likeness (QED) is 0.372. The third kappa shape index (κ3) is 3.27. The number of halogens is 1. The van der Waals surface area contributed by atoms with Crippen molar-refractivity contribution in [2.75, 3.05) is 0 Å². The lowest BCUT2D eigenvalue weighted by atomic mass is 10.1. The highest BCUT2D eigenvalue weighted by Gasteiger charge is 2.28. The fourth-order valence-corrected chi connectivity index (χ4v) is 2.17. The van der Waals surface area contributed by atoms with Crippen LogP contribution in [0.2, 0.25) is 0 Å². The normalized spacial score (nSPS) is 15.9. The van der Waals surface area contributed by atoms with E-state index in [9.17, 15) is 9.59 Å². The number of rotatable bonds is 3. The fourth-order valence-electron chi connectivity index (χ4n) is 2.13. The number of ether oxygens (including phenoxy) is 2. The topological polar surface area (TPSA) is 52.6 Å². The molecule has 0 N–H and O–H groups in total. The second kappa shape index (κ2) is 6.26. The van der Waals surface area contributed by atoms with Crippen LogP contribution >= 0.6 is 11.6 Å². The van der Waals surface area contributed by atoms with Gasteiger partial charge in [-0.1, -0.05) is 30.3 Å². The van der Waals surface area contributed by atoms with Crippen molar-refractivity contribution in [1.82, 2.24) is 0 Å². The number of esters is 1. The van der Waals surface area contributed by atoms with Gasteiger partial charge < -0.3 is 9.47 Å². The number of hydrogen-bond acceptors (Lipinski definition) is 4. The van der Waals surface area contributed by atoms with E-state index in [1.807, 2.05) is 30.3 Å². The van der Waals surface area contributed by atoms with Gasteiger partial charge in [-0.15, -0.1) is 11.6 Å². The predicted octanol–water partition coefficient (Wildman–Crippen LogP) is 3.84. The van der Waals surface area contributed by atoms with Crippen LogP contribution in [0.3, 0.4) is 0 Å². The van der Waals surface area contributed by atoms with Crippen molar-refractivity contribution in [2.45, 2.75) is 12.3 Å². The number of ketones is 1. The SMILES string of the molecule is CC(Cl)C(=O)Oc1ccc2c(c1)O/C(=C\c1ccccc1)C2=O. The maximum absolute atomic E-state index is 12.3. The lowest BCUT2D eigenvalue weighted by Gasteiger charge is -2.06. The molecule has 0 spiro atoms. The molecule has 1 aliphatic rings. The van der Waals surface area contributed by atoms with Gasteiger partial charge in [0, 0.05) is 6.07 Å². The summed E-state index contributed by atoms with van der Waals surface area (Å²) in [6, 6.07) is 14.0. The van der Waals surface area contributed by atoms with Gasteiger partial charge in [-0.3, -0.25) is 9.59 Å². The van der Waals surface area contributed by atoms with Crippen molar-refractivity contribution in [3.05, 3.63) is 65.4 Å². The van der Waals surface area contributed by atoms with E-state index in [1.165, 1.54) is 13.0 Å². The first kappa shape index (κ1) is 15.3. The average molecular weight is 329 g/mol. The Kier molecular flexibility index (Phi) is 4.17. The lowest BCUT2D eigenvalue weighted by Crippen LogP contribution is -2.17. The first-order chi connectivity index (χ1) is 11.0. The van der Waals surface area contributed by atoms with Crippen LogP contribution in [0.1, 0.15) is 22.8 Å². The highest BCUT2D eigenvalue weighted by molar-refractivity contribution is 6.29. The van der Waals surface area contributed by atoms with E-state index < -0.39 is 11.3 Å². The van der Waals surface area contributed by atoms with Gasteiger partial charge in [-0.2, -0.15) is 0 Å². The second-order valence-corrected chi connectivity index (χ2v) is 5.70. The molecule has 0 saturated carbocycles. The van der Waals surface area contributed by atoms with Crippen LogP contribution in [0.15, 0.2) is 54.3 Å². The Morgan fingerprint density at radius 3 is 2.65 bits per heavy atom. The summed E-state index contributed by atoms with van der Waals surface area (Å²) in [6.45, 7) is 1.53. The van der Waals surface area contributed by atoms with Crippen LogP contribution in [-0.2, 0) is 4.79 Å². The molecule has 2 aromatic rings. The molecule has 0 amide bonds. The van der Waals surface area contributed by atoms with Gasteiger partial charge in [-0.25, -0.2) is 0 Å². The zero-order valence-electron chi connectivity index (χ0n) is 12.3. The number of Topliss-reactive ketones (excluding diaryl/α,β-unsaturated/α-hetero) is 1. The molecule has 116 valence electrons. The molecular formula is C18H13ClO4. The Balaban J connectivity index is 1.85. The summed E-state index contributed by atoms with van der Waals surface area (Å²) in [5, 5.41) is -0.751. The number of carbonyl (C=O) groups is 2. The highest BCUT2D eigenvalue weighted by atomic mass is 35.5. The van der Waals surface area contributed by atoms with Gasteiger partial charge in [0.2, 0.25) is 5.78 Å². The highest BCUT2D eigenvalue weighted by Crippen LogP contribution is 2.35. The van der Waals surface area contributed by atoms with E-state index in [1.54, 1.807) is 18.2 Å². The summed E-state index contributed by atoms with van der Waals surface area (Å²) in [7, 11) is 0. The molecule has 0 saturated heterocycles. The maximum atomic E-state index is 12.3. The van der Waals surface area contributed by atoms with Gasteiger partial charge in [-0.05, 0) is 30.7 Å². The van der Waals surface area contributed by atoms with Gasteiger partial charge in [0.15, 0.2) is 5.76 Å². The number of alkyl halides is 1. The van der Waals surface area contributed by atoms with Crippen molar-refractivity contribution in [2.24, 2.45) is 0 Å². The molecule has 4 nitrogen and oxygen atoms in total. The number of carbonyl (C=O) groups excluding carboxylic acids is 2. The van der Waals surface area contributed by atoms with E-state index >= 15 is 0 Å². The molecular weight excluding hydrogens is 316 g/mol. The number of hydrogen-bond donors (Lipinski definition) is 0. The van der Waals surface area contributed by atoms with E-state index in [-0.39, 0.29) is 17.3 Å². The summed E-state index contributed by atoms with van der Waals surface area (Å²) in [5.74, 6) is 0.128. The smallest absolute Gasteiger partial charge is 0.329 e. The van der Waals surface area contributed by atoms with Crippen LogP contribution in [0.5, 0.6) is 11.5 Å². The lowest BCUT2D eigenvalue weighted by molar-refractivity contribution is -0.133. The van der Waals surface area contributed by atoms with Crippen LogP contribution in [-0.4, -0.2) is 17.1 Å². The Bertz CT molecular complexity index is 794. The van der Waals surface area contributed by atoms with Crippen LogP contribution in [0, 0.1) is 0 Å². The first-order valence-corrected chi connectivity index (χ1v) is 7.47. The molecule has 1 heterocycles. The molecule has 0 fully saturated rings. The average Bonchev–Trinajstić information content (AvgIpc) is 2.84. The van der Waals surface area contributed by atoms with Crippen molar-refractivity contribution in [3.8, 4) is 11.5 Å². The van der Waals surface area contributed by atoms with E-state index in [4.69, 9.17) is 21.1 Å². The zero-order valence-corrected chi connectivity index (χ0v) is 13.0. The Morgan fingerprint density at radius 2 is 1.96 bits per heavy atom. The van der Waals surface area contributed by atoms with E-state index in [0.717, 1.165) is 5.56 Å². The van der Waals surface area contributed by atoms with Gasteiger partial charge in [0.1, 0.15) is 16.9 Å². The standard InChI is InChI=1S/C18H13ClO4/c1-11(19)18(21)22-13-7-8-14-15(10-13)23-16(17(14)20)9-12-5-3-2-4-6-12/h2-11H,1H3/b16-9-. The van der Waals surface area contributed by atoms with Crippen LogP contribution < -0.4 is 9.47 Å².